The molecule has 0 saturated heterocycles. The van der Waals surface area contributed by atoms with Crippen molar-refractivity contribution in [3.05, 3.63) is 69.9 Å². The molecule has 0 atom stereocenters. The van der Waals surface area contributed by atoms with Gasteiger partial charge in [0.1, 0.15) is 23.9 Å². The Labute approximate surface area is 154 Å². The third kappa shape index (κ3) is 3.77. The second-order valence-electron chi connectivity index (χ2n) is 5.73. The van der Waals surface area contributed by atoms with Gasteiger partial charge < -0.3 is 14.2 Å². The van der Waals surface area contributed by atoms with Crippen molar-refractivity contribution in [1.82, 2.24) is 0 Å². The van der Waals surface area contributed by atoms with E-state index in [0.29, 0.717) is 29.4 Å². The van der Waals surface area contributed by atoms with Crippen molar-refractivity contribution in [2.75, 3.05) is 13.7 Å². The van der Waals surface area contributed by atoms with Gasteiger partial charge in [0.05, 0.1) is 12.7 Å². The molecule has 0 radical (unpaired) electrons. The highest BCUT2D eigenvalue weighted by Crippen LogP contribution is 2.36. The van der Waals surface area contributed by atoms with Gasteiger partial charge in [0.2, 0.25) is 5.78 Å². The van der Waals surface area contributed by atoms with Crippen LogP contribution < -0.4 is 14.2 Å². The number of hydrogen-bond donors (Lipinski definition) is 0. The molecule has 0 saturated carbocycles. The van der Waals surface area contributed by atoms with E-state index in [9.17, 15) is 4.79 Å². The van der Waals surface area contributed by atoms with Crippen LogP contribution >= 0.6 is 15.9 Å². The number of benzene rings is 2. The van der Waals surface area contributed by atoms with E-state index >= 15 is 0 Å². The summed E-state index contributed by atoms with van der Waals surface area (Å²) in [5.41, 5.74) is 2.19. The van der Waals surface area contributed by atoms with Crippen LogP contribution in [0.15, 0.2) is 58.8 Å². The van der Waals surface area contributed by atoms with Crippen molar-refractivity contribution in [1.29, 1.82) is 0 Å². The Hall–Kier alpha value is -2.53. The molecule has 0 unspecified atom stereocenters. The molecule has 3 rings (SSSR count). The van der Waals surface area contributed by atoms with Gasteiger partial charge in [-0.2, -0.15) is 0 Å². The van der Waals surface area contributed by atoms with E-state index in [1.54, 1.807) is 31.4 Å². The van der Waals surface area contributed by atoms with Crippen molar-refractivity contribution in [3.63, 3.8) is 0 Å². The fourth-order valence-electron chi connectivity index (χ4n) is 2.42. The normalized spacial score (nSPS) is 14.2. The number of ether oxygens (including phenoxy) is 3. The molecule has 0 amide bonds. The van der Waals surface area contributed by atoms with E-state index < -0.39 is 0 Å². The molecule has 2 aromatic rings. The van der Waals surface area contributed by atoms with E-state index in [0.717, 1.165) is 15.6 Å². The van der Waals surface area contributed by atoms with E-state index in [1.165, 1.54) is 0 Å². The largest absolute Gasteiger partial charge is 0.496 e. The Morgan fingerprint density at radius 2 is 2.08 bits per heavy atom. The summed E-state index contributed by atoms with van der Waals surface area (Å²) in [5, 5.41) is 0. The van der Waals surface area contributed by atoms with Crippen molar-refractivity contribution >= 4 is 27.8 Å². The molecule has 0 spiro atoms. The molecule has 0 aromatic heterocycles. The lowest BCUT2D eigenvalue weighted by Gasteiger charge is -2.07. The van der Waals surface area contributed by atoms with Gasteiger partial charge in [0.15, 0.2) is 5.76 Å². The number of ketones is 1. The number of hydrogen-bond acceptors (Lipinski definition) is 4. The lowest BCUT2D eigenvalue weighted by Crippen LogP contribution is -1.99. The lowest BCUT2D eigenvalue weighted by atomic mass is 10.1. The fourth-order valence-corrected chi connectivity index (χ4v) is 2.80. The molecule has 25 heavy (non-hydrogen) atoms. The summed E-state index contributed by atoms with van der Waals surface area (Å²) in [7, 11) is 1.59. The standard InChI is InChI=1S/C20H17BrO4/c1-12(2)11-24-15-5-6-16-18(10-15)25-19(20(16)22)9-13-8-14(21)4-7-17(13)23-3/h4-10H,1,11H2,2-3H3. The number of halogens is 1. The third-order valence-corrected chi connectivity index (χ3v) is 4.10. The van der Waals surface area contributed by atoms with E-state index in [4.69, 9.17) is 14.2 Å². The predicted molar refractivity (Wildman–Crippen MR) is 100 cm³/mol. The predicted octanol–water partition coefficient (Wildman–Crippen LogP) is 5.03. The molecular formula is C20H17BrO4. The summed E-state index contributed by atoms with van der Waals surface area (Å²) in [6, 6.07) is 10.8. The summed E-state index contributed by atoms with van der Waals surface area (Å²) in [4.78, 5) is 12.6. The van der Waals surface area contributed by atoms with Crippen LogP contribution in [-0.4, -0.2) is 19.5 Å². The molecule has 0 N–H and O–H groups in total. The monoisotopic (exact) mass is 400 g/mol. The quantitative estimate of drug-likeness (QED) is 0.521. The van der Waals surface area contributed by atoms with Crippen molar-refractivity contribution in [2.24, 2.45) is 0 Å². The highest BCUT2D eigenvalue weighted by Gasteiger charge is 2.28. The summed E-state index contributed by atoms with van der Waals surface area (Å²) in [6.07, 6.45) is 1.68. The average molecular weight is 401 g/mol. The van der Waals surface area contributed by atoms with Gasteiger partial charge in [-0.3, -0.25) is 4.79 Å². The van der Waals surface area contributed by atoms with Gasteiger partial charge in [-0.05, 0) is 48.9 Å². The molecule has 0 aliphatic carbocycles. The Balaban J connectivity index is 1.90. The molecule has 128 valence electrons. The van der Waals surface area contributed by atoms with Crippen molar-refractivity contribution < 1.29 is 19.0 Å². The number of fused-ring (bicyclic) bond motifs is 1. The Kier molecular flexibility index (Phi) is 4.95. The number of rotatable bonds is 5. The molecule has 0 fully saturated rings. The average Bonchev–Trinajstić information content (AvgIpc) is 2.89. The molecule has 1 heterocycles. The van der Waals surface area contributed by atoms with Gasteiger partial charge in [0.25, 0.3) is 0 Å². The minimum absolute atomic E-state index is 0.163. The van der Waals surface area contributed by atoms with Gasteiger partial charge in [0, 0.05) is 16.1 Å². The summed E-state index contributed by atoms with van der Waals surface area (Å²) in [5.74, 6) is 1.88. The second kappa shape index (κ2) is 7.15. The van der Waals surface area contributed by atoms with E-state index in [1.807, 2.05) is 25.1 Å². The van der Waals surface area contributed by atoms with Crippen LogP contribution in [0.3, 0.4) is 0 Å². The van der Waals surface area contributed by atoms with Crippen LogP contribution in [0.4, 0.5) is 0 Å². The van der Waals surface area contributed by atoms with Crippen molar-refractivity contribution in [2.45, 2.75) is 6.92 Å². The third-order valence-electron chi connectivity index (χ3n) is 3.60. The maximum Gasteiger partial charge on any atom is 0.231 e. The van der Waals surface area contributed by atoms with Gasteiger partial charge >= 0.3 is 0 Å². The maximum absolute atomic E-state index is 12.6. The molecule has 1 aliphatic rings. The van der Waals surface area contributed by atoms with Crippen LogP contribution in [0.5, 0.6) is 17.2 Å². The van der Waals surface area contributed by atoms with Gasteiger partial charge in [-0.1, -0.05) is 22.5 Å². The second-order valence-corrected chi connectivity index (χ2v) is 6.65. The summed E-state index contributed by atoms with van der Waals surface area (Å²) < 4.78 is 17.6. The first-order chi connectivity index (χ1) is 12.0. The number of allylic oxidation sites excluding steroid dienone is 1. The first-order valence-corrected chi connectivity index (χ1v) is 8.46. The zero-order valence-corrected chi connectivity index (χ0v) is 15.6. The molecule has 0 bridgehead atoms. The smallest absolute Gasteiger partial charge is 0.231 e. The number of Topliss-reactive ketones (excluding diaryl/α,β-unsaturated/α-hetero) is 1. The topological polar surface area (TPSA) is 44.8 Å². The molecule has 2 aromatic carbocycles. The fraction of sp³-hybridized carbons (Fsp3) is 0.150. The Morgan fingerprint density at radius 1 is 1.28 bits per heavy atom. The van der Waals surface area contributed by atoms with Crippen LogP contribution in [0.25, 0.3) is 6.08 Å². The van der Waals surface area contributed by atoms with Crippen LogP contribution in [0.2, 0.25) is 0 Å². The number of carbonyl (C=O) groups excluding carboxylic acids is 1. The summed E-state index contributed by atoms with van der Waals surface area (Å²) in [6.45, 7) is 6.11. The molecular weight excluding hydrogens is 384 g/mol. The van der Waals surface area contributed by atoms with Gasteiger partial charge in [-0.15, -0.1) is 0 Å². The van der Waals surface area contributed by atoms with Crippen LogP contribution in [0, 0.1) is 0 Å². The molecule has 4 nitrogen and oxygen atoms in total. The first kappa shape index (κ1) is 17.3. The number of methoxy groups -OCH3 is 1. The highest BCUT2D eigenvalue weighted by molar-refractivity contribution is 9.10. The minimum atomic E-state index is -0.163. The van der Waals surface area contributed by atoms with E-state index in [2.05, 4.69) is 22.5 Å². The number of carbonyl (C=O) groups is 1. The van der Waals surface area contributed by atoms with Crippen LogP contribution in [0.1, 0.15) is 22.8 Å². The minimum Gasteiger partial charge on any atom is -0.496 e. The molecule has 5 heteroatoms. The maximum atomic E-state index is 12.6. The Morgan fingerprint density at radius 3 is 2.80 bits per heavy atom. The highest BCUT2D eigenvalue weighted by atomic mass is 79.9. The summed E-state index contributed by atoms with van der Waals surface area (Å²) >= 11 is 3.42. The first-order valence-electron chi connectivity index (χ1n) is 7.67. The van der Waals surface area contributed by atoms with Gasteiger partial charge in [-0.25, -0.2) is 0 Å². The van der Waals surface area contributed by atoms with Crippen LogP contribution in [-0.2, 0) is 0 Å². The Bertz CT molecular complexity index is 883. The molecule has 1 aliphatic heterocycles. The zero-order chi connectivity index (χ0) is 18.0. The van der Waals surface area contributed by atoms with E-state index in [-0.39, 0.29) is 11.5 Å². The lowest BCUT2D eigenvalue weighted by molar-refractivity contribution is 0.101. The van der Waals surface area contributed by atoms with Crippen molar-refractivity contribution in [3.8, 4) is 17.2 Å². The zero-order valence-electron chi connectivity index (χ0n) is 14.0. The SMILES string of the molecule is C=C(C)COc1ccc2c(c1)OC(=Cc1cc(Br)ccc1OC)C2=O.